The molecule has 1 saturated carbocycles. The average Bonchev–Trinajstić information content (AvgIpc) is 3.54. The number of piperidine rings is 1. The molecular formula is C25H26FN3O5. The van der Waals surface area contributed by atoms with E-state index in [9.17, 15) is 18.8 Å². The summed E-state index contributed by atoms with van der Waals surface area (Å²) in [6.07, 6.45) is 3.02. The zero-order valence-electron chi connectivity index (χ0n) is 18.6. The molecule has 3 amide bonds. The number of carbonyl (C=O) groups is 3. The molecule has 34 heavy (non-hydrogen) atoms. The van der Waals surface area contributed by atoms with Gasteiger partial charge in [-0.05, 0) is 74.1 Å². The number of benzene rings is 2. The molecule has 3 aliphatic rings. The van der Waals surface area contributed by atoms with E-state index >= 15 is 0 Å². The normalized spacial score (nSPS) is 18.3. The molecule has 0 spiro atoms. The molecule has 2 heterocycles. The minimum Gasteiger partial charge on any atom is -0.454 e. The van der Waals surface area contributed by atoms with Gasteiger partial charge in [-0.1, -0.05) is 0 Å². The monoisotopic (exact) mass is 467 g/mol. The first kappa shape index (κ1) is 22.2. The fraction of sp³-hybridized carbons (Fsp3) is 0.400. The van der Waals surface area contributed by atoms with Crippen molar-refractivity contribution in [2.75, 3.05) is 19.9 Å². The first-order chi connectivity index (χ1) is 16.5. The summed E-state index contributed by atoms with van der Waals surface area (Å²) in [5, 5.41) is 5.83. The molecule has 1 atom stereocenters. The molecule has 0 unspecified atom stereocenters. The van der Waals surface area contributed by atoms with Crippen molar-refractivity contribution in [1.82, 2.24) is 15.5 Å². The summed E-state index contributed by atoms with van der Waals surface area (Å²) in [5.74, 6) is -0.111. The largest absolute Gasteiger partial charge is 0.454 e. The zero-order valence-corrected chi connectivity index (χ0v) is 18.6. The number of ether oxygens (including phenoxy) is 2. The molecular weight excluding hydrogens is 441 g/mol. The van der Waals surface area contributed by atoms with E-state index in [2.05, 4.69) is 10.6 Å². The van der Waals surface area contributed by atoms with Crippen molar-refractivity contribution in [3.63, 3.8) is 0 Å². The Morgan fingerprint density at radius 3 is 2.29 bits per heavy atom. The van der Waals surface area contributed by atoms with Crippen molar-refractivity contribution >= 4 is 17.7 Å². The van der Waals surface area contributed by atoms with Gasteiger partial charge in [0.2, 0.25) is 12.7 Å². The number of hydrogen-bond acceptors (Lipinski definition) is 5. The van der Waals surface area contributed by atoms with Crippen LogP contribution in [0.3, 0.4) is 0 Å². The minimum absolute atomic E-state index is 0.105. The molecule has 1 saturated heterocycles. The number of halogens is 1. The van der Waals surface area contributed by atoms with Gasteiger partial charge in [0.05, 0.1) is 0 Å². The van der Waals surface area contributed by atoms with Crippen LogP contribution in [0.5, 0.6) is 11.5 Å². The highest BCUT2D eigenvalue weighted by Crippen LogP contribution is 2.33. The molecule has 2 N–H and O–H groups in total. The highest BCUT2D eigenvalue weighted by atomic mass is 19.1. The number of amides is 3. The lowest BCUT2D eigenvalue weighted by atomic mass is 9.88. The topological polar surface area (TPSA) is 97.0 Å². The summed E-state index contributed by atoms with van der Waals surface area (Å²) in [5.41, 5.74) is 0.816. The highest BCUT2D eigenvalue weighted by molar-refractivity contribution is 5.98. The van der Waals surface area contributed by atoms with Gasteiger partial charge in [-0.2, -0.15) is 0 Å². The quantitative estimate of drug-likeness (QED) is 0.681. The predicted molar refractivity (Wildman–Crippen MR) is 120 cm³/mol. The van der Waals surface area contributed by atoms with Crippen molar-refractivity contribution in [2.24, 2.45) is 5.92 Å². The van der Waals surface area contributed by atoms with Gasteiger partial charge in [-0.3, -0.25) is 14.4 Å². The molecule has 5 rings (SSSR count). The van der Waals surface area contributed by atoms with Gasteiger partial charge in [0.15, 0.2) is 11.5 Å². The van der Waals surface area contributed by atoms with E-state index < -0.39 is 17.8 Å². The maximum absolute atomic E-state index is 13.2. The van der Waals surface area contributed by atoms with Crippen LogP contribution in [-0.2, 0) is 4.79 Å². The second-order valence-corrected chi connectivity index (χ2v) is 8.94. The fourth-order valence-corrected chi connectivity index (χ4v) is 4.39. The third-order valence-electron chi connectivity index (χ3n) is 6.52. The Morgan fingerprint density at radius 1 is 0.912 bits per heavy atom. The lowest BCUT2D eigenvalue weighted by molar-refractivity contribution is -0.124. The number of nitrogens with one attached hydrogen (secondary N) is 2. The van der Waals surface area contributed by atoms with Crippen LogP contribution in [0.1, 0.15) is 46.4 Å². The molecule has 2 aliphatic heterocycles. The van der Waals surface area contributed by atoms with Crippen LogP contribution in [0, 0.1) is 11.7 Å². The first-order valence-electron chi connectivity index (χ1n) is 11.5. The van der Waals surface area contributed by atoms with Crippen LogP contribution in [0.15, 0.2) is 42.5 Å². The summed E-state index contributed by atoms with van der Waals surface area (Å²) in [4.78, 5) is 40.5. The van der Waals surface area contributed by atoms with Crippen molar-refractivity contribution in [2.45, 2.75) is 37.8 Å². The molecule has 9 heteroatoms. The average molecular weight is 467 g/mol. The van der Waals surface area contributed by atoms with Crippen LogP contribution in [0.25, 0.3) is 0 Å². The van der Waals surface area contributed by atoms with Crippen molar-refractivity contribution in [3.8, 4) is 11.5 Å². The standard InChI is InChI=1S/C25H26FN3O5/c26-18-4-1-16(2-5-18)23(30)28-22(24(31)27-19-6-7-19)15-9-11-29(12-10-15)25(32)17-3-8-20-21(13-17)34-14-33-20/h1-5,8,13,15,19,22H,6-7,9-12,14H2,(H,27,31)(H,28,30)/t22-/m1/s1. The van der Waals surface area contributed by atoms with E-state index in [-0.39, 0.29) is 30.6 Å². The Hall–Kier alpha value is -3.62. The van der Waals surface area contributed by atoms with Gasteiger partial charge in [-0.15, -0.1) is 0 Å². The summed E-state index contributed by atoms with van der Waals surface area (Å²) in [6.45, 7) is 1.08. The molecule has 2 fully saturated rings. The molecule has 0 radical (unpaired) electrons. The molecule has 2 aromatic carbocycles. The summed E-state index contributed by atoms with van der Waals surface area (Å²) < 4.78 is 23.9. The SMILES string of the molecule is O=C(N[C@@H](C(=O)NC1CC1)C1CCN(C(=O)c2ccc3c(c2)OCO3)CC1)c1ccc(F)cc1. The minimum atomic E-state index is -0.721. The van der Waals surface area contributed by atoms with E-state index in [1.165, 1.54) is 24.3 Å². The Labute approximate surface area is 196 Å². The summed E-state index contributed by atoms with van der Waals surface area (Å²) >= 11 is 0. The molecule has 178 valence electrons. The van der Waals surface area contributed by atoms with E-state index in [1.54, 1.807) is 23.1 Å². The van der Waals surface area contributed by atoms with Crippen molar-refractivity contribution < 1.29 is 28.2 Å². The number of fused-ring (bicyclic) bond motifs is 1. The van der Waals surface area contributed by atoms with Crippen LogP contribution in [0.4, 0.5) is 4.39 Å². The fourth-order valence-electron chi connectivity index (χ4n) is 4.39. The van der Waals surface area contributed by atoms with E-state index in [4.69, 9.17) is 9.47 Å². The lowest BCUT2D eigenvalue weighted by Crippen LogP contribution is -2.54. The maximum Gasteiger partial charge on any atom is 0.253 e. The van der Waals surface area contributed by atoms with E-state index in [1.807, 2.05) is 0 Å². The first-order valence-corrected chi connectivity index (χ1v) is 11.5. The van der Waals surface area contributed by atoms with E-state index in [0.29, 0.717) is 48.6 Å². The van der Waals surface area contributed by atoms with Crippen LogP contribution >= 0.6 is 0 Å². The molecule has 0 aromatic heterocycles. The van der Waals surface area contributed by atoms with Gasteiger partial charge < -0.3 is 25.0 Å². The number of nitrogens with zero attached hydrogens (tertiary/aromatic N) is 1. The Kier molecular flexibility index (Phi) is 6.08. The second kappa shape index (κ2) is 9.32. The Bertz CT molecular complexity index is 1090. The lowest BCUT2D eigenvalue weighted by Gasteiger charge is -2.36. The smallest absolute Gasteiger partial charge is 0.253 e. The molecule has 0 bridgehead atoms. The van der Waals surface area contributed by atoms with Gasteiger partial charge in [0, 0.05) is 30.3 Å². The highest BCUT2D eigenvalue weighted by Gasteiger charge is 2.36. The number of hydrogen-bond donors (Lipinski definition) is 2. The second-order valence-electron chi connectivity index (χ2n) is 8.94. The zero-order chi connectivity index (χ0) is 23.7. The Balaban J connectivity index is 1.24. The number of rotatable bonds is 6. The molecule has 8 nitrogen and oxygen atoms in total. The Morgan fingerprint density at radius 2 is 1.59 bits per heavy atom. The third-order valence-corrected chi connectivity index (χ3v) is 6.52. The van der Waals surface area contributed by atoms with Gasteiger partial charge in [-0.25, -0.2) is 4.39 Å². The van der Waals surface area contributed by atoms with Crippen molar-refractivity contribution in [3.05, 3.63) is 59.4 Å². The van der Waals surface area contributed by atoms with Crippen molar-refractivity contribution in [1.29, 1.82) is 0 Å². The van der Waals surface area contributed by atoms with Crippen LogP contribution in [0.2, 0.25) is 0 Å². The van der Waals surface area contributed by atoms with E-state index in [0.717, 1.165) is 12.8 Å². The molecule has 1 aliphatic carbocycles. The summed E-state index contributed by atoms with van der Waals surface area (Å²) in [6, 6.07) is 9.79. The van der Waals surface area contributed by atoms with Gasteiger partial charge >= 0.3 is 0 Å². The maximum atomic E-state index is 13.2. The predicted octanol–water partition coefficient (Wildman–Crippen LogP) is 2.48. The van der Waals surface area contributed by atoms with Crippen LogP contribution < -0.4 is 20.1 Å². The van der Waals surface area contributed by atoms with Gasteiger partial charge in [0.25, 0.3) is 11.8 Å². The summed E-state index contributed by atoms with van der Waals surface area (Å²) in [7, 11) is 0. The van der Waals surface area contributed by atoms with Gasteiger partial charge in [0.1, 0.15) is 11.9 Å². The number of carbonyl (C=O) groups excluding carboxylic acids is 3. The number of likely N-dealkylation sites (tertiary alicyclic amines) is 1. The molecule has 2 aromatic rings. The van der Waals surface area contributed by atoms with Crippen LogP contribution in [-0.4, -0.2) is 54.6 Å². The third kappa shape index (κ3) is 4.83.